The third-order valence-corrected chi connectivity index (χ3v) is 1.93. The predicted molar refractivity (Wildman–Crippen MR) is 61.2 cm³/mol. The molecule has 0 bridgehead atoms. The lowest BCUT2D eigenvalue weighted by Gasteiger charge is -2.03. The number of aryl methyl sites for hydroxylation is 1. The van der Waals surface area contributed by atoms with Gasteiger partial charge in [0.15, 0.2) is 0 Å². The standard InChI is InChI=1S/C13H14O3/c1-4-16-13(14)8-7-11-6-5-10(2)9-12(11)15-3/h5-6,9H,4H2,1-3H3. The Balaban J connectivity index is 2.92. The Morgan fingerprint density at radius 1 is 1.44 bits per heavy atom. The summed E-state index contributed by atoms with van der Waals surface area (Å²) in [6.07, 6.45) is 0. The first-order valence-electron chi connectivity index (χ1n) is 5.00. The van der Waals surface area contributed by atoms with Gasteiger partial charge in [-0.2, -0.15) is 0 Å². The molecule has 0 aromatic heterocycles. The molecular formula is C13H14O3. The van der Waals surface area contributed by atoms with Gasteiger partial charge in [-0.1, -0.05) is 12.0 Å². The summed E-state index contributed by atoms with van der Waals surface area (Å²) >= 11 is 0. The van der Waals surface area contributed by atoms with Crippen molar-refractivity contribution in [1.29, 1.82) is 0 Å². The first kappa shape index (κ1) is 12.1. The highest BCUT2D eigenvalue weighted by atomic mass is 16.5. The second kappa shape index (κ2) is 5.82. The first-order chi connectivity index (χ1) is 7.67. The third kappa shape index (κ3) is 3.32. The van der Waals surface area contributed by atoms with Crippen molar-refractivity contribution in [3.8, 4) is 17.6 Å². The van der Waals surface area contributed by atoms with Crippen LogP contribution in [0.4, 0.5) is 0 Å². The molecule has 3 heteroatoms. The van der Waals surface area contributed by atoms with Crippen LogP contribution in [0.15, 0.2) is 18.2 Å². The van der Waals surface area contributed by atoms with Crippen LogP contribution < -0.4 is 4.74 Å². The minimum Gasteiger partial charge on any atom is -0.495 e. The van der Waals surface area contributed by atoms with Crippen LogP contribution in [0.3, 0.4) is 0 Å². The molecule has 1 rings (SSSR count). The molecule has 84 valence electrons. The lowest BCUT2D eigenvalue weighted by molar-refractivity contribution is -0.136. The molecule has 0 heterocycles. The van der Waals surface area contributed by atoms with Crippen molar-refractivity contribution in [3.05, 3.63) is 29.3 Å². The number of methoxy groups -OCH3 is 1. The van der Waals surface area contributed by atoms with Crippen LogP contribution in [0.2, 0.25) is 0 Å². The van der Waals surface area contributed by atoms with Crippen LogP contribution >= 0.6 is 0 Å². The summed E-state index contributed by atoms with van der Waals surface area (Å²) in [6, 6.07) is 5.60. The second-order valence-corrected chi connectivity index (χ2v) is 3.17. The zero-order valence-electron chi connectivity index (χ0n) is 9.66. The summed E-state index contributed by atoms with van der Waals surface area (Å²) in [5.74, 6) is 5.27. The number of hydrogen-bond donors (Lipinski definition) is 0. The number of rotatable bonds is 2. The van der Waals surface area contributed by atoms with Crippen LogP contribution in [0, 0.1) is 18.8 Å². The van der Waals surface area contributed by atoms with Crippen LogP contribution in [-0.4, -0.2) is 19.7 Å². The van der Waals surface area contributed by atoms with Crippen LogP contribution in [-0.2, 0) is 9.53 Å². The fourth-order valence-corrected chi connectivity index (χ4v) is 1.19. The number of esters is 1. The van der Waals surface area contributed by atoms with Crippen LogP contribution in [0.5, 0.6) is 5.75 Å². The van der Waals surface area contributed by atoms with E-state index < -0.39 is 5.97 Å². The maximum atomic E-state index is 11.0. The highest BCUT2D eigenvalue weighted by Crippen LogP contribution is 2.18. The zero-order chi connectivity index (χ0) is 12.0. The smallest absolute Gasteiger partial charge is 0.384 e. The van der Waals surface area contributed by atoms with E-state index in [-0.39, 0.29) is 0 Å². The second-order valence-electron chi connectivity index (χ2n) is 3.17. The van der Waals surface area contributed by atoms with Gasteiger partial charge < -0.3 is 9.47 Å². The Kier molecular flexibility index (Phi) is 4.41. The first-order valence-corrected chi connectivity index (χ1v) is 5.00. The lowest BCUT2D eigenvalue weighted by atomic mass is 10.1. The molecule has 0 fully saturated rings. The van der Waals surface area contributed by atoms with Crippen molar-refractivity contribution in [2.24, 2.45) is 0 Å². The van der Waals surface area contributed by atoms with E-state index in [9.17, 15) is 4.79 Å². The van der Waals surface area contributed by atoms with E-state index in [1.807, 2.05) is 25.1 Å². The summed E-state index contributed by atoms with van der Waals surface area (Å²) in [5.41, 5.74) is 1.76. The van der Waals surface area contributed by atoms with E-state index in [0.29, 0.717) is 17.9 Å². The van der Waals surface area contributed by atoms with Gasteiger partial charge in [-0.05, 0) is 31.5 Å². The summed E-state index contributed by atoms with van der Waals surface area (Å²) in [4.78, 5) is 11.0. The molecule has 0 amide bonds. The van der Waals surface area contributed by atoms with Crippen LogP contribution in [0.1, 0.15) is 18.1 Å². The molecule has 0 saturated heterocycles. The Morgan fingerprint density at radius 2 is 2.19 bits per heavy atom. The number of carbonyl (C=O) groups excluding carboxylic acids is 1. The van der Waals surface area contributed by atoms with Crippen molar-refractivity contribution in [2.75, 3.05) is 13.7 Å². The molecule has 0 aliphatic rings. The van der Waals surface area contributed by atoms with Gasteiger partial charge in [0, 0.05) is 5.92 Å². The number of benzene rings is 1. The molecule has 0 spiro atoms. The SMILES string of the molecule is CCOC(=O)C#Cc1ccc(C)cc1OC. The molecule has 16 heavy (non-hydrogen) atoms. The summed E-state index contributed by atoms with van der Waals surface area (Å²) in [7, 11) is 1.57. The van der Waals surface area contributed by atoms with Crippen molar-refractivity contribution in [3.63, 3.8) is 0 Å². The van der Waals surface area contributed by atoms with Gasteiger partial charge in [0.2, 0.25) is 0 Å². The molecular weight excluding hydrogens is 204 g/mol. The Bertz CT molecular complexity index is 438. The van der Waals surface area contributed by atoms with E-state index in [1.54, 1.807) is 14.0 Å². The van der Waals surface area contributed by atoms with Gasteiger partial charge >= 0.3 is 5.97 Å². The topological polar surface area (TPSA) is 35.5 Å². The molecule has 0 N–H and O–H groups in total. The van der Waals surface area contributed by atoms with Crippen LogP contribution in [0.25, 0.3) is 0 Å². The van der Waals surface area contributed by atoms with Crippen molar-refractivity contribution < 1.29 is 14.3 Å². The normalized spacial score (nSPS) is 8.94. The number of hydrogen-bond acceptors (Lipinski definition) is 3. The van der Waals surface area contributed by atoms with Gasteiger partial charge in [0.1, 0.15) is 5.75 Å². The quantitative estimate of drug-likeness (QED) is 0.562. The fourth-order valence-electron chi connectivity index (χ4n) is 1.19. The highest BCUT2D eigenvalue weighted by Gasteiger charge is 2.00. The predicted octanol–water partition coefficient (Wildman–Crippen LogP) is 1.92. The highest BCUT2D eigenvalue weighted by molar-refractivity contribution is 5.89. The average Bonchev–Trinajstić information content (AvgIpc) is 2.27. The molecule has 0 atom stereocenters. The summed E-state index contributed by atoms with van der Waals surface area (Å²) in [6.45, 7) is 4.04. The summed E-state index contributed by atoms with van der Waals surface area (Å²) < 4.78 is 9.87. The Labute approximate surface area is 95.4 Å². The van der Waals surface area contributed by atoms with Gasteiger partial charge in [-0.3, -0.25) is 0 Å². The largest absolute Gasteiger partial charge is 0.495 e. The maximum Gasteiger partial charge on any atom is 0.384 e. The van der Waals surface area contributed by atoms with E-state index in [0.717, 1.165) is 5.56 Å². The minimum atomic E-state index is -0.523. The van der Waals surface area contributed by atoms with Gasteiger partial charge in [0.05, 0.1) is 19.3 Å². The molecule has 0 aliphatic carbocycles. The monoisotopic (exact) mass is 218 g/mol. The van der Waals surface area contributed by atoms with E-state index in [1.165, 1.54) is 0 Å². The molecule has 3 nitrogen and oxygen atoms in total. The van der Waals surface area contributed by atoms with E-state index in [2.05, 4.69) is 11.8 Å². The van der Waals surface area contributed by atoms with Gasteiger partial charge in [-0.25, -0.2) is 4.79 Å². The molecule has 1 aromatic carbocycles. The van der Waals surface area contributed by atoms with Crippen molar-refractivity contribution in [1.82, 2.24) is 0 Å². The Hall–Kier alpha value is -1.95. The molecule has 0 unspecified atom stereocenters. The van der Waals surface area contributed by atoms with Crippen molar-refractivity contribution >= 4 is 5.97 Å². The molecule has 0 saturated carbocycles. The third-order valence-electron chi connectivity index (χ3n) is 1.93. The summed E-state index contributed by atoms with van der Waals surface area (Å²) in [5, 5.41) is 0. The minimum absolute atomic E-state index is 0.332. The van der Waals surface area contributed by atoms with Gasteiger partial charge in [0.25, 0.3) is 0 Å². The molecule has 0 radical (unpaired) electrons. The van der Waals surface area contributed by atoms with E-state index in [4.69, 9.17) is 9.47 Å². The van der Waals surface area contributed by atoms with Gasteiger partial charge in [-0.15, -0.1) is 0 Å². The average molecular weight is 218 g/mol. The number of ether oxygens (including phenoxy) is 2. The molecule has 1 aromatic rings. The number of carbonyl (C=O) groups is 1. The zero-order valence-corrected chi connectivity index (χ0v) is 9.66. The Morgan fingerprint density at radius 3 is 2.81 bits per heavy atom. The molecule has 0 aliphatic heterocycles. The maximum absolute atomic E-state index is 11.0. The van der Waals surface area contributed by atoms with E-state index >= 15 is 0 Å². The van der Waals surface area contributed by atoms with Crippen molar-refractivity contribution in [2.45, 2.75) is 13.8 Å². The fraction of sp³-hybridized carbons (Fsp3) is 0.308. The lowest BCUT2D eigenvalue weighted by Crippen LogP contribution is -1.99.